The van der Waals surface area contributed by atoms with Crippen LogP contribution in [0, 0.1) is 18.7 Å². The average molecular weight is 365 g/mol. The summed E-state index contributed by atoms with van der Waals surface area (Å²) < 4.78 is 0. The van der Waals surface area contributed by atoms with E-state index in [2.05, 4.69) is 43.9 Å². The number of hydrogen-bond acceptors (Lipinski definition) is 0. The van der Waals surface area contributed by atoms with E-state index in [0.29, 0.717) is 0 Å². The van der Waals surface area contributed by atoms with Crippen molar-refractivity contribution in [2.45, 2.75) is 25.9 Å². The first-order valence-electron chi connectivity index (χ1n) is 4.79. The Hall–Kier alpha value is 0.640. The predicted molar refractivity (Wildman–Crippen MR) is 66.0 cm³/mol. The molecule has 0 fully saturated rings. The number of hydrogen-bond donors (Lipinski definition) is 0. The summed E-state index contributed by atoms with van der Waals surface area (Å²) in [5.41, 5.74) is 0. The van der Waals surface area contributed by atoms with Gasteiger partial charge in [-0.2, -0.15) is 12.2 Å². The molecule has 0 nitrogen and oxygen atoms in total. The van der Waals surface area contributed by atoms with Gasteiger partial charge in [0.1, 0.15) is 0 Å². The molecule has 4 heteroatoms. The first-order valence-corrected chi connectivity index (χ1v) is 7.49. The molecule has 2 aliphatic rings. The van der Waals surface area contributed by atoms with Gasteiger partial charge in [0.2, 0.25) is 0 Å². The van der Waals surface area contributed by atoms with E-state index in [4.69, 9.17) is 0 Å². The Morgan fingerprint density at radius 2 is 1.24 bits per heavy atom. The van der Waals surface area contributed by atoms with Gasteiger partial charge in [-0.25, -0.2) is 24.3 Å². The Kier molecular flexibility index (Phi) is 33.8. The number of rotatable bonds is 0. The van der Waals surface area contributed by atoms with E-state index in [9.17, 15) is 0 Å². The van der Waals surface area contributed by atoms with Crippen LogP contribution >= 0.6 is 0 Å². The van der Waals surface area contributed by atoms with Crippen molar-refractivity contribution < 1.29 is 51.0 Å². The van der Waals surface area contributed by atoms with Crippen LogP contribution in [-0.4, -0.2) is 8.80 Å². The Labute approximate surface area is 140 Å². The standard InChI is InChI=1S/2C5H5.C3H8Si.2ClH.Zr/c2*1-2-4-5-3-1;1-4(2)3;;;/h2*1-3H,4H2;1H2,2-3H3;2*1H;/q3*-1;;;+2/p-2. The third-order valence-corrected chi connectivity index (χ3v) is 1.17. The minimum absolute atomic E-state index is 0. The summed E-state index contributed by atoms with van der Waals surface area (Å²) in [4.78, 5) is 0. The molecule has 17 heavy (non-hydrogen) atoms. The van der Waals surface area contributed by atoms with Crippen LogP contribution in [0.5, 0.6) is 0 Å². The minimum Gasteiger partial charge on any atom is -1.00 e. The van der Waals surface area contributed by atoms with Crippen molar-refractivity contribution in [1.82, 2.24) is 0 Å². The van der Waals surface area contributed by atoms with Crippen molar-refractivity contribution in [3.05, 3.63) is 55.2 Å². The molecule has 2 rings (SSSR count). The molecule has 0 atom stereocenters. The normalized spacial score (nSPS) is 12.5. The van der Waals surface area contributed by atoms with Gasteiger partial charge in [0.15, 0.2) is 0 Å². The van der Waals surface area contributed by atoms with Crippen LogP contribution in [0.3, 0.4) is 0 Å². The third kappa shape index (κ3) is 31.5. The summed E-state index contributed by atoms with van der Waals surface area (Å²) in [6.07, 6.45) is 20.0. The fourth-order valence-electron chi connectivity index (χ4n) is 0.680. The maximum atomic E-state index is 3.74. The molecule has 2 aliphatic carbocycles. The summed E-state index contributed by atoms with van der Waals surface area (Å²) in [7, 11) is -0.130. The van der Waals surface area contributed by atoms with E-state index in [1.165, 1.54) is 0 Å². The molecule has 0 aromatic rings. The Morgan fingerprint density at radius 1 is 0.941 bits per heavy atom. The van der Waals surface area contributed by atoms with Crippen LogP contribution in [0.1, 0.15) is 12.8 Å². The van der Waals surface area contributed by atoms with E-state index in [-0.39, 0.29) is 59.8 Å². The Bertz CT molecular complexity index is 189. The van der Waals surface area contributed by atoms with Gasteiger partial charge in [0, 0.05) is 0 Å². The van der Waals surface area contributed by atoms with Crippen LogP contribution in [-0.2, 0) is 26.2 Å². The van der Waals surface area contributed by atoms with E-state index in [0.717, 1.165) is 12.8 Å². The molecule has 0 heterocycles. The second kappa shape index (κ2) is 21.9. The zero-order chi connectivity index (χ0) is 10.6. The smallest absolute Gasteiger partial charge is 1.00 e. The number of allylic oxidation sites excluding steroid dienone is 8. The third-order valence-electron chi connectivity index (χ3n) is 1.17. The molecule has 95 valence electrons. The first-order chi connectivity index (χ1) is 6.73. The molecule has 0 bridgehead atoms. The zero-order valence-electron chi connectivity index (χ0n) is 10.3. The van der Waals surface area contributed by atoms with E-state index >= 15 is 0 Å². The molecule has 0 aromatic heterocycles. The molecule has 0 unspecified atom stereocenters. The zero-order valence-corrected chi connectivity index (χ0v) is 15.3. The van der Waals surface area contributed by atoms with Crippen molar-refractivity contribution in [2.24, 2.45) is 0 Å². The maximum absolute atomic E-state index is 3.74. The van der Waals surface area contributed by atoms with Gasteiger partial charge in [0.25, 0.3) is 0 Å². The summed E-state index contributed by atoms with van der Waals surface area (Å²) in [5.74, 6) is 0. The molecular weight excluding hydrogens is 346 g/mol. The van der Waals surface area contributed by atoms with Crippen LogP contribution in [0.4, 0.5) is 0 Å². The molecular formula is C13H18Cl2SiZr-3. The predicted octanol–water partition coefficient (Wildman–Crippen LogP) is -2.27. The van der Waals surface area contributed by atoms with Crippen LogP contribution in [0.2, 0.25) is 13.1 Å². The topological polar surface area (TPSA) is 0 Å². The fraction of sp³-hybridized carbons (Fsp3) is 0.308. The van der Waals surface area contributed by atoms with Gasteiger partial charge in [-0.3, -0.25) is 12.2 Å². The summed E-state index contributed by atoms with van der Waals surface area (Å²) in [6.45, 7) is 8.06. The average Bonchev–Trinajstić information content (AvgIpc) is 2.83. The Balaban J connectivity index is -0.0000000692. The van der Waals surface area contributed by atoms with Crippen LogP contribution < -0.4 is 24.8 Å². The van der Waals surface area contributed by atoms with Gasteiger partial charge in [-0.05, 0) is 0 Å². The molecule has 0 aromatic carbocycles. The second-order valence-corrected chi connectivity index (χ2v) is 5.63. The van der Waals surface area contributed by atoms with Gasteiger partial charge >= 0.3 is 26.2 Å². The SMILES string of the molecule is [C-]1=CC=CC1.[C-]1=CC=CC1.[CH2-][Si](C)C.[Cl-].[Cl-].[Zr+2]. The van der Waals surface area contributed by atoms with Gasteiger partial charge in [-0.15, -0.1) is 21.6 Å². The largest absolute Gasteiger partial charge is 2.00 e. The molecule has 0 N–H and O–H groups in total. The quantitative estimate of drug-likeness (QED) is 0.336. The summed E-state index contributed by atoms with van der Waals surface area (Å²) >= 11 is 0. The molecule has 0 saturated heterocycles. The van der Waals surface area contributed by atoms with Gasteiger partial charge in [0.05, 0.1) is 0 Å². The van der Waals surface area contributed by atoms with Crippen molar-refractivity contribution in [2.75, 3.05) is 0 Å². The molecule has 1 radical (unpaired) electrons. The molecule has 0 spiro atoms. The van der Waals surface area contributed by atoms with Crippen molar-refractivity contribution in [1.29, 1.82) is 0 Å². The summed E-state index contributed by atoms with van der Waals surface area (Å²) in [5, 5.41) is 0. The Morgan fingerprint density at radius 3 is 1.29 bits per heavy atom. The van der Waals surface area contributed by atoms with Gasteiger partial charge < -0.3 is 31.4 Å². The number of halogens is 2. The van der Waals surface area contributed by atoms with Crippen LogP contribution in [0.25, 0.3) is 0 Å². The molecule has 0 saturated carbocycles. The molecule has 0 amide bonds. The van der Waals surface area contributed by atoms with E-state index in [1.807, 2.05) is 24.3 Å². The van der Waals surface area contributed by atoms with Gasteiger partial charge in [-0.1, -0.05) is 13.1 Å². The second-order valence-electron chi connectivity index (χ2n) is 3.21. The van der Waals surface area contributed by atoms with E-state index < -0.39 is 0 Å². The summed E-state index contributed by atoms with van der Waals surface area (Å²) in [6, 6.07) is 0. The van der Waals surface area contributed by atoms with Crippen LogP contribution in [0.15, 0.2) is 36.5 Å². The van der Waals surface area contributed by atoms with Crippen molar-refractivity contribution in [3.63, 3.8) is 0 Å². The van der Waals surface area contributed by atoms with Crippen molar-refractivity contribution >= 4 is 8.80 Å². The first kappa shape index (κ1) is 26.3. The molecule has 0 aliphatic heterocycles. The fourth-order valence-corrected chi connectivity index (χ4v) is 0.680. The monoisotopic (exact) mass is 362 g/mol. The van der Waals surface area contributed by atoms with E-state index in [1.54, 1.807) is 0 Å². The minimum atomic E-state index is -0.130. The van der Waals surface area contributed by atoms with Crippen molar-refractivity contribution in [3.8, 4) is 0 Å². The maximum Gasteiger partial charge on any atom is 2.00 e.